The molecule has 1 heterocycles. The van der Waals surface area contributed by atoms with Gasteiger partial charge in [0.25, 0.3) is 0 Å². The summed E-state index contributed by atoms with van der Waals surface area (Å²) < 4.78 is 8.25. The Morgan fingerprint density at radius 2 is 1.83 bits per heavy atom. The van der Waals surface area contributed by atoms with Crippen LogP contribution in [0.1, 0.15) is 41.0 Å². The molecule has 0 amide bonds. The van der Waals surface area contributed by atoms with Crippen LogP contribution in [-0.4, -0.2) is 41.0 Å². The fourth-order valence-corrected chi connectivity index (χ4v) is 5.11. The summed E-state index contributed by atoms with van der Waals surface area (Å²) in [4.78, 5) is 13.7. The Hall–Kier alpha value is -2.05. The molecule has 1 aromatic heterocycles. The molecule has 4 rings (SSSR count). The molecule has 4 nitrogen and oxygen atoms in total. The summed E-state index contributed by atoms with van der Waals surface area (Å²) in [6.07, 6.45) is 4.18. The van der Waals surface area contributed by atoms with E-state index in [0.29, 0.717) is 6.61 Å². The van der Waals surface area contributed by atoms with Crippen molar-refractivity contribution in [1.82, 2.24) is 4.57 Å². The van der Waals surface area contributed by atoms with Crippen LogP contribution >= 0.6 is 23.5 Å². The fraction of sp³-hybridized carbons (Fsp3) is 0.375. The van der Waals surface area contributed by atoms with Crippen LogP contribution in [0.25, 0.3) is 10.9 Å². The molecular weight excluding hydrogens is 412 g/mol. The largest absolute Gasteiger partial charge is 0.493 e. The first-order chi connectivity index (χ1) is 14.4. The Labute approximate surface area is 186 Å². The minimum atomic E-state index is -0.330. The van der Waals surface area contributed by atoms with Gasteiger partial charge in [0.05, 0.1) is 17.7 Å². The number of hydrogen-bond acceptors (Lipinski definition) is 5. The lowest BCUT2D eigenvalue weighted by atomic mass is 9.71. The molecule has 1 aliphatic rings. The first-order valence-electron chi connectivity index (χ1n) is 10.1. The van der Waals surface area contributed by atoms with Gasteiger partial charge < -0.3 is 15.0 Å². The molecule has 1 aliphatic carbocycles. The highest BCUT2D eigenvalue weighted by Crippen LogP contribution is 2.46. The van der Waals surface area contributed by atoms with E-state index in [-0.39, 0.29) is 11.2 Å². The van der Waals surface area contributed by atoms with Crippen LogP contribution in [-0.2, 0) is 12.0 Å². The van der Waals surface area contributed by atoms with Crippen LogP contribution in [0, 0.1) is 0 Å². The zero-order valence-corrected chi connectivity index (χ0v) is 19.6. The highest BCUT2D eigenvalue weighted by Gasteiger charge is 2.41. The third kappa shape index (κ3) is 3.40. The molecule has 2 aromatic carbocycles. The first kappa shape index (κ1) is 21.2. The van der Waals surface area contributed by atoms with Gasteiger partial charge in [-0.1, -0.05) is 19.9 Å². The number of fused-ring (bicyclic) bond motifs is 4. The number of ether oxygens (including phenoxy) is 1. The van der Waals surface area contributed by atoms with Gasteiger partial charge in [0.15, 0.2) is 5.78 Å². The van der Waals surface area contributed by atoms with Crippen LogP contribution in [0.3, 0.4) is 0 Å². The summed E-state index contributed by atoms with van der Waals surface area (Å²) in [5, 5.41) is 0.990. The lowest BCUT2D eigenvalue weighted by molar-refractivity contribution is 0.103. The number of nitrogens with two attached hydrogens (primary N) is 1. The van der Waals surface area contributed by atoms with Crippen LogP contribution in [0.15, 0.2) is 36.4 Å². The van der Waals surface area contributed by atoms with E-state index in [2.05, 4.69) is 37.0 Å². The standard InChI is InChI=1S/C24H28N2O2S2/c1-24(2)19-14-16(28-10-12-30-4)6-8-17(19)22(27)21-18-7-5-15(25)13-20(18)26(23(21)24)9-11-29-3/h5-8,13-14H,9-12,25H2,1-4H3. The van der Waals surface area contributed by atoms with Crippen molar-refractivity contribution in [1.29, 1.82) is 0 Å². The normalized spacial score (nSPS) is 14.6. The third-order valence-corrected chi connectivity index (χ3v) is 7.06. The molecule has 0 unspecified atom stereocenters. The second kappa shape index (κ2) is 8.23. The molecule has 0 radical (unpaired) electrons. The molecule has 3 aromatic rings. The molecule has 0 atom stereocenters. The molecular formula is C24H28N2O2S2. The van der Waals surface area contributed by atoms with Crippen molar-refractivity contribution in [3.05, 3.63) is 58.8 Å². The SMILES string of the molecule is CSCCOc1ccc2c(c1)C(C)(C)c1c(c3ccc(N)cc3n1CCSC)C2=O. The maximum absolute atomic E-state index is 13.7. The van der Waals surface area contributed by atoms with Crippen molar-refractivity contribution < 1.29 is 9.53 Å². The van der Waals surface area contributed by atoms with E-state index < -0.39 is 0 Å². The number of nitrogens with zero attached hydrogens (tertiary/aromatic N) is 1. The van der Waals surface area contributed by atoms with E-state index >= 15 is 0 Å². The Morgan fingerprint density at radius 3 is 2.57 bits per heavy atom. The predicted molar refractivity (Wildman–Crippen MR) is 131 cm³/mol. The smallest absolute Gasteiger partial charge is 0.195 e. The average Bonchev–Trinajstić information content (AvgIpc) is 3.05. The number of thioether (sulfide) groups is 2. The van der Waals surface area contributed by atoms with Crippen molar-refractivity contribution in [2.45, 2.75) is 25.8 Å². The fourth-order valence-electron chi connectivity index (χ4n) is 4.49. The number of nitrogen functional groups attached to an aromatic ring is 1. The molecule has 6 heteroatoms. The molecule has 0 saturated heterocycles. The molecule has 158 valence electrons. The number of aryl methyl sites for hydroxylation is 1. The summed E-state index contributed by atoms with van der Waals surface area (Å²) in [5.74, 6) is 2.82. The Morgan fingerprint density at radius 1 is 1.07 bits per heavy atom. The van der Waals surface area contributed by atoms with E-state index in [0.717, 1.165) is 62.8 Å². The maximum Gasteiger partial charge on any atom is 0.195 e. The number of carbonyl (C=O) groups is 1. The van der Waals surface area contributed by atoms with Crippen LogP contribution in [0.2, 0.25) is 0 Å². The maximum atomic E-state index is 13.7. The summed E-state index contributed by atoms with van der Waals surface area (Å²) in [6, 6.07) is 11.8. The minimum Gasteiger partial charge on any atom is -0.493 e. The highest BCUT2D eigenvalue weighted by molar-refractivity contribution is 7.98. The van der Waals surface area contributed by atoms with E-state index in [4.69, 9.17) is 10.5 Å². The lowest BCUT2D eigenvalue weighted by Gasteiger charge is -2.34. The molecule has 0 saturated carbocycles. The zero-order valence-electron chi connectivity index (χ0n) is 18.0. The third-order valence-electron chi connectivity index (χ3n) is 5.89. The number of benzene rings is 2. The monoisotopic (exact) mass is 440 g/mol. The minimum absolute atomic E-state index is 0.0904. The molecule has 0 fully saturated rings. The van der Waals surface area contributed by atoms with Gasteiger partial charge in [-0.2, -0.15) is 23.5 Å². The van der Waals surface area contributed by atoms with Gasteiger partial charge in [0.1, 0.15) is 5.75 Å². The van der Waals surface area contributed by atoms with E-state index in [1.54, 1.807) is 23.5 Å². The van der Waals surface area contributed by atoms with Crippen molar-refractivity contribution in [2.24, 2.45) is 0 Å². The quantitative estimate of drug-likeness (QED) is 0.404. The number of hydrogen-bond donors (Lipinski definition) is 1. The van der Waals surface area contributed by atoms with Gasteiger partial charge in [-0.15, -0.1) is 0 Å². The van der Waals surface area contributed by atoms with Gasteiger partial charge >= 0.3 is 0 Å². The number of ketones is 1. The second-order valence-electron chi connectivity index (χ2n) is 8.15. The van der Waals surface area contributed by atoms with Crippen molar-refractivity contribution in [3.8, 4) is 5.75 Å². The Bertz CT molecular complexity index is 1120. The highest BCUT2D eigenvalue weighted by atomic mass is 32.2. The Balaban J connectivity index is 1.92. The van der Waals surface area contributed by atoms with E-state index in [9.17, 15) is 4.79 Å². The topological polar surface area (TPSA) is 57.2 Å². The predicted octanol–water partition coefficient (Wildman–Crippen LogP) is 5.20. The summed E-state index contributed by atoms with van der Waals surface area (Å²) in [5.41, 5.74) is 11.2. The van der Waals surface area contributed by atoms with Gasteiger partial charge in [0.2, 0.25) is 0 Å². The Kier molecular flexibility index (Phi) is 5.82. The second-order valence-corrected chi connectivity index (χ2v) is 10.1. The molecule has 30 heavy (non-hydrogen) atoms. The van der Waals surface area contributed by atoms with Crippen LogP contribution in [0.5, 0.6) is 5.75 Å². The van der Waals surface area contributed by atoms with Crippen LogP contribution < -0.4 is 10.5 Å². The van der Waals surface area contributed by atoms with Gasteiger partial charge in [0, 0.05) is 45.8 Å². The van der Waals surface area contributed by atoms with Crippen molar-refractivity contribution in [3.63, 3.8) is 0 Å². The first-order valence-corrected chi connectivity index (χ1v) is 12.9. The summed E-state index contributed by atoms with van der Waals surface area (Å²) in [6.45, 7) is 5.92. The van der Waals surface area contributed by atoms with Crippen molar-refractivity contribution >= 4 is 45.9 Å². The van der Waals surface area contributed by atoms with E-state index in [1.165, 1.54) is 0 Å². The number of anilines is 1. The molecule has 0 spiro atoms. The summed E-state index contributed by atoms with van der Waals surface area (Å²) >= 11 is 3.56. The number of carbonyl (C=O) groups excluding carboxylic acids is 1. The molecule has 0 bridgehead atoms. The lowest BCUT2D eigenvalue weighted by Crippen LogP contribution is -2.32. The summed E-state index contributed by atoms with van der Waals surface area (Å²) in [7, 11) is 0. The van der Waals surface area contributed by atoms with Gasteiger partial charge in [-0.25, -0.2) is 0 Å². The van der Waals surface area contributed by atoms with Crippen LogP contribution in [0.4, 0.5) is 5.69 Å². The molecule has 0 aliphatic heterocycles. The van der Waals surface area contributed by atoms with Crippen molar-refractivity contribution in [2.75, 3.05) is 36.4 Å². The molecule has 2 N–H and O–H groups in total. The number of aromatic nitrogens is 1. The average molecular weight is 441 g/mol. The van der Waals surface area contributed by atoms with Gasteiger partial charge in [-0.3, -0.25) is 4.79 Å². The van der Waals surface area contributed by atoms with E-state index in [1.807, 2.05) is 30.3 Å². The van der Waals surface area contributed by atoms with Gasteiger partial charge in [-0.05, 0) is 48.4 Å². The zero-order chi connectivity index (χ0) is 21.5. The number of rotatable bonds is 7.